The highest BCUT2D eigenvalue weighted by Gasteiger charge is 2.32. The Balaban J connectivity index is 1.55. The number of esters is 1. The fourth-order valence-electron chi connectivity index (χ4n) is 3.80. The van der Waals surface area contributed by atoms with Crippen molar-refractivity contribution in [3.05, 3.63) is 95.6 Å². The largest absolute Gasteiger partial charge is 0.465 e. The number of amides is 3. The molecule has 0 aromatic heterocycles. The van der Waals surface area contributed by atoms with Crippen LogP contribution in [0.3, 0.4) is 0 Å². The van der Waals surface area contributed by atoms with E-state index in [2.05, 4.69) is 10.6 Å². The lowest BCUT2D eigenvalue weighted by Gasteiger charge is -2.25. The lowest BCUT2D eigenvalue weighted by molar-refractivity contribution is -0.120. The molecule has 0 fully saturated rings. The fourth-order valence-corrected chi connectivity index (χ4v) is 3.80. The van der Waals surface area contributed by atoms with E-state index < -0.39 is 18.0 Å². The molecule has 1 atom stereocenters. The number of carbonyl (C=O) groups excluding carboxylic acids is 3. The van der Waals surface area contributed by atoms with E-state index in [0.29, 0.717) is 23.4 Å². The molecule has 0 aliphatic carbocycles. The molecule has 3 amide bonds. The summed E-state index contributed by atoms with van der Waals surface area (Å²) in [6.07, 6.45) is 0.774. The minimum atomic E-state index is -0.869. The average molecular weight is 429 g/mol. The first kappa shape index (κ1) is 21.1. The van der Waals surface area contributed by atoms with Crippen LogP contribution in [0.25, 0.3) is 0 Å². The van der Waals surface area contributed by atoms with E-state index in [4.69, 9.17) is 4.74 Å². The molecule has 2 N–H and O–H groups in total. The van der Waals surface area contributed by atoms with Gasteiger partial charge >= 0.3 is 12.0 Å². The number of methoxy groups -OCH3 is 1. The smallest absolute Gasteiger partial charge is 0.337 e. The first-order valence-electron chi connectivity index (χ1n) is 10.3. The zero-order chi connectivity index (χ0) is 22.5. The summed E-state index contributed by atoms with van der Waals surface area (Å²) in [4.78, 5) is 39.8. The Bertz CT molecular complexity index is 1150. The molecule has 0 saturated carbocycles. The molecule has 1 aliphatic heterocycles. The average Bonchev–Trinajstić information content (AvgIpc) is 3.26. The number of para-hydroxylation sites is 1. The summed E-state index contributed by atoms with van der Waals surface area (Å²) in [5, 5.41) is 5.49. The molecule has 32 heavy (non-hydrogen) atoms. The number of rotatable bonds is 5. The van der Waals surface area contributed by atoms with Gasteiger partial charge in [0, 0.05) is 17.9 Å². The topological polar surface area (TPSA) is 87.7 Å². The molecular formula is C25H23N3O4. The molecular weight excluding hydrogens is 406 g/mol. The van der Waals surface area contributed by atoms with Crippen molar-refractivity contribution >= 4 is 29.3 Å². The number of benzene rings is 3. The fraction of sp³-hybridized carbons (Fsp3) is 0.160. The predicted octanol–water partition coefficient (Wildman–Crippen LogP) is 3.93. The van der Waals surface area contributed by atoms with Crippen molar-refractivity contribution in [2.45, 2.75) is 12.5 Å². The predicted molar refractivity (Wildman–Crippen MR) is 122 cm³/mol. The van der Waals surface area contributed by atoms with Gasteiger partial charge in [-0.15, -0.1) is 0 Å². The third kappa shape index (κ3) is 4.46. The van der Waals surface area contributed by atoms with Gasteiger partial charge in [-0.1, -0.05) is 54.6 Å². The van der Waals surface area contributed by atoms with Gasteiger partial charge in [0.1, 0.15) is 6.04 Å². The van der Waals surface area contributed by atoms with E-state index in [1.54, 1.807) is 23.1 Å². The minimum Gasteiger partial charge on any atom is -0.465 e. The lowest BCUT2D eigenvalue weighted by Crippen LogP contribution is -2.43. The molecule has 1 aliphatic rings. The highest BCUT2D eigenvalue weighted by atomic mass is 16.5. The molecule has 0 unspecified atom stereocenters. The number of nitrogens with zero attached hydrogens (tertiary/aromatic N) is 1. The third-order valence-electron chi connectivity index (χ3n) is 5.35. The molecule has 0 bridgehead atoms. The van der Waals surface area contributed by atoms with Crippen LogP contribution < -0.4 is 15.5 Å². The van der Waals surface area contributed by atoms with Gasteiger partial charge < -0.3 is 20.3 Å². The number of hydrogen-bond donors (Lipinski definition) is 2. The third-order valence-corrected chi connectivity index (χ3v) is 5.35. The molecule has 7 heteroatoms. The number of hydrogen-bond acceptors (Lipinski definition) is 4. The van der Waals surface area contributed by atoms with Gasteiger partial charge in [-0.3, -0.25) is 4.79 Å². The van der Waals surface area contributed by atoms with E-state index in [0.717, 1.165) is 17.7 Å². The van der Waals surface area contributed by atoms with Crippen molar-refractivity contribution in [2.24, 2.45) is 0 Å². The Kier molecular flexibility index (Phi) is 6.17. The second-order valence-electron chi connectivity index (χ2n) is 7.38. The first-order chi connectivity index (χ1) is 15.6. The van der Waals surface area contributed by atoms with E-state index in [9.17, 15) is 14.4 Å². The Morgan fingerprint density at radius 1 is 0.938 bits per heavy atom. The Morgan fingerprint density at radius 3 is 2.47 bits per heavy atom. The molecule has 162 valence electrons. The zero-order valence-corrected chi connectivity index (χ0v) is 17.6. The van der Waals surface area contributed by atoms with E-state index in [1.807, 2.05) is 54.6 Å². The lowest BCUT2D eigenvalue weighted by atomic mass is 10.1. The van der Waals surface area contributed by atoms with E-state index >= 15 is 0 Å². The molecule has 4 rings (SSSR count). The molecule has 1 heterocycles. The maximum Gasteiger partial charge on any atom is 0.337 e. The number of ether oxygens (including phenoxy) is 1. The quantitative estimate of drug-likeness (QED) is 0.602. The van der Waals surface area contributed by atoms with Crippen LogP contribution >= 0.6 is 0 Å². The number of anilines is 2. The van der Waals surface area contributed by atoms with Crippen LogP contribution in [0.1, 0.15) is 27.5 Å². The van der Waals surface area contributed by atoms with Gasteiger partial charge in [-0.2, -0.15) is 0 Å². The van der Waals surface area contributed by atoms with Crippen LogP contribution in [0.4, 0.5) is 16.2 Å². The van der Waals surface area contributed by atoms with Crippen LogP contribution in [-0.2, 0) is 16.0 Å². The highest BCUT2D eigenvalue weighted by molar-refractivity contribution is 6.02. The van der Waals surface area contributed by atoms with Crippen molar-refractivity contribution in [1.29, 1.82) is 0 Å². The van der Waals surface area contributed by atoms with Crippen molar-refractivity contribution in [2.75, 3.05) is 23.9 Å². The summed E-state index contributed by atoms with van der Waals surface area (Å²) >= 11 is 0. The molecule has 0 spiro atoms. The molecule has 3 aromatic carbocycles. The van der Waals surface area contributed by atoms with E-state index in [-0.39, 0.29) is 5.91 Å². The number of carbonyl (C=O) groups is 3. The molecule has 0 saturated heterocycles. The molecule has 3 aromatic rings. The van der Waals surface area contributed by atoms with Crippen LogP contribution in [0.5, 0.6) is 0 Å². The number of fused-ring (bicyclic) bond motifs is 1. The molecule has 7 nitrogen and oxygen atoms in total. The summed E-state index contributed by atoms with van der Waals surface area (Å²) in [6, 6.07) is 21.9. The van der Waals surface area contributed by atoms with Crippen molar-refractivity contribution in [3.8, 4) is 0 Å². The van der Waals surface area contributed by atoms with Crippen LogP contribution in [0, 0.1) is 0 Å². The van der Waals surface area contributed by atoms with Crippen LogP contribution in [0.15, 0.2) is 78.9 Å². The Hall–Kier alpha value is -4.13. The summed E-state index contributed by atoms with van der Waals surface area (Å²) < 4.78 is 4.72. The second kappa shape index (κ2) is 9.34. The Morgan fingerprint density at radius 2 is 1.69 bits per heavy atom. The highest BCUT2D eigenvalue weighted by Crippen LogP contribution is 2.30. The van der Waals surface area contributed by atoms with Crippen molar-refractivity contribution < 1.29 is 19.1 Å². The minimum absolute atomic E-state index is 0.209. The van der Waals surface area contributed by atoms with Crippen molar-refractivity contribution in [3.63, 3.8) is 0 Å². The second-order valence-corrected chi connectivity index (χ2v) is 7.38. The summed E-state index contributed by atoms with van der Waals surface area (Å²) in [7, 11) is 1.29. The first-order valence-corrected chi connectivity index (χ1v) is 10.3. The SMILES string of the molecule is COC(=O)c1cccc(NC(=O)N[C@H](C(=O)N2CCc3ccccc32)c2ccccc2)c1. The maximum absolute atomic E-state index is 13.5. The summed E-state index contributed by atoms with van der Waals surface area (Å²) in [5.41, 5.74) is 3.38. The molecule has 0 radical (unpaired) electrons. The maximum atomic E-state index is 13.5. The zero-order valence-electron chi connectivity index (χ0n) is 17.6. The van der Waals surface area contributed by atoms with Gasteiger partial charge in [-0.05, 0) is 41.8 Å². The van der Waals surface area contributed by atoms with Gasteiger partial charge in [-0.25, -0.2) is 9.59 Å². The van der Waals surface area contributed by atoms with Gasteiger partial charge in [0.25, 0.3) is 5.91 Å². The van der Waals surface area contributed by atoms with E-state index in [1.165, 1.54) is 13.2 Å². The summed E-state index contributed by atoms with van der Waals surface area (Å²) in [6.45, 7) is 0.561. The number of urea groups is 1. The van der Waals surface area contributed by atoms with Gasteiger partial charge in [0.05, 0.1) is 12.7 Å². The van der Waals surface area contributed by atoms with Crippen LogP contribution in [-0.4, -0.2) is 31.6 Å². The van der Waals surface area contributed by atoms with Crippen molar-refractivity contribution in [1.82, 2.24) is 5.32 Å². The summed E-state index contributed by atoms with van der Waals surface area (Å²) in [5.74, 6) is -0.710. The number of nitrogens with one attached hydrogen (secondary N) is 2. The normalized spacial score (nSPS) is 13.1. The Labute approximate surface area is 186 Å². The van der Waals surface area contributed by atoms with Gasteiger partial charge in [0.2, 0.25) is 0 Å². The monoisotopic (exact) mass is 429 g/mol. The standard InChI is InChI=1S/C25H23N3O4/c1-32-24(30)19-11-7-12-20(16-19)26-25(31)27-22(18-9-3-2-4-10-18)23(29)28-15-14-17-8-5-6-13-21(17)28/h2-13,16,22H,14-15H2,1H3,(H2,26,27,31)/t22-/m0/s1. The van der Waals surface area contributed by atoms with Gasteiger partial charge in [0.15, 0.2) is 0 Å². The van der Waals surface area contributed by atoms with Crippen LogP contribution in [0.2, 0.25) is 0 Å².